The van der Waals surface area contributed by atoms with Crippen molar-refractivity contribution in [1.29, 1.82) is 0 Å². The van der Waals surface area contributed by atoms with E-state index in [-0.39, 0.29) is 0 Å². The lowest BCUT2D eigenvalue weighted by molar-refractivity contribution is 0.414. The van der Waals surface area contributed by atoms with Crippen molar-refractivity contribution < 1.29 is 4.74 Å². The number of rotatable bonds is 2. The molecule has 0 saturated heterocycles. The van der Waals surface area contributed by atoms with Gasteiger partial charge in [-0.2, -0.15) is 0 Å². The van der Waals surface area contributed by atoms with E-state index in [0.29, 0.717) is 5.28 Å². The van der Waals surface area contributed by atoms with Crippen molar-refractivity contribution >= 4 is 11.6 Å². The lowest BCUT2D eigenvalue weighted by atomic mass is 10.3. The fraction of sp³-hybridized carbons (Fsp3) is 0.250. The zero-order chi connectivity index (χ0) is 11.7. The van der Waals surface area contributed by atoms with Crippen LogP contribution in [0.1, 0.15) is 11.4 Å². The van der Waals surface area contributed by atoms with Crippen molar-refractivity contribution in [1.82, 2.24) is 9.55 Å². The largest absolute Gasteiger partial charge is 0.497 e. The Balaban J connectivity index is 2.50. The summed E-state index contributed by atoms with van der Waals surface area (Å²) in [6, 6.07) is 7.72. The van der Waals surface area contributed by atoms with Crippen LogP contribution >= 0.6 is 11.6 Å². The molecule has 0 aliphatic rings. The van der Waals surface area contributed by atoms with E-state index in [4.69, 9.17) is 16.3 Å². The first-order valence-corrected chi connectivity index (χ1v) is 5.37. The zero-order valence-electron chi connectivity index (χ0n) is 9.49. The van der Waals surface area contributed by atoms with Crippen LogP contribution in [0.4, 0.5) is 0 Å². The molecule has 0 amide bonds. The first-order chi connectivity index (χ1) is 7.63. The monoisotopic (exact) mass is 236 g/mol. The minimum absolute atomic E-state index is 0.486. The van der Waals surface area contributed by atoms with Crippen LogP contribution in [0.15, 0.2) is 24.3 Å². The Hall–Kier alpha value is -1.48. The Labute approximate surface area is 99.6 Å². The Kier molecular flexibility index (Phi) is 2.88. The molecular formula is C12H13ClN2O. The number of imidazole rings is 1. The van der Waals surface area contributed by atoms with E-state index in [0.717, 1.165) is 22.8 Å². The minimum Gasteiger partial charge on any atom is -0.497 e. The number of hydrogen-bond donors (Lipinski definition) is 0. The SMILES string of the molecule is COc1ccc(-n2c(Cl)nc(C)c2C)cc1. The van der Waals surface area contributed by atoms with Crippen LogP contribution in [0, 0.1) is 13.8 Å². The molecule has 2 aromatic rings. The topological polar surface area (TPSA) is 27.1 Å². The molecule has 2 rings (SSSR count). The lowest BCUT2D eigenvalue weighted by Crippen LogP contribution is -1.97. The summed E-state index contributed by atoms with van der Waals surface area (Å²) in [5, 5.41) is 0.486. The third kappa shape index (κ3) is 1.78. The number of ether oxygens (including phenoxy) is 1. The molecule has 0 atom stereocenters. The first kappa shape index (κ1) is 11.0. The Bertz CT molecular complexity index is 502. The molecule has 84 valence electrons. The molecular weight excluding hydrogens is 224 g/mol. The summed E-state index contributed by atoms with van der Waals surface area (Å²) in [6.45, 7) is 3.94. The predicted molar refractivity (Wildman–Crippen MR) is 64.6 cm³/mol. The van der Waals surface area contributed by atoms with Crippen LogP contribution in [0.5, 0.6) is 5.75 Å². The summed E-state index contributed by atoms with van der Waals surface area (Å²) in [5.74, 6) is 0.828. The van der Waals surface area contributed by atoms with Gasteiger partial charge in [0.2, 0.25) is 5.28 Å². The Morgan fingerprint density at radius 2 is 1.81 bits per heavy atom. The number of nitrogens with zero attached hydrogens (tertiary/aromatic N) is 2. The van der Waals surface area contributed by atoms with Gasteiger partial charge >= 0.3 is 0 Å². The molecule has 1 aromatic heterocycles. The number of aromatic nitrogens is 2. The third-order valence-corrected chi connectivity index (χ3v) is 2.89. The van der Waals surface area contributed by atoms with Crippen LogP contribution in [0.2, 0.25) is 5.28 Å². The molecule has 0 aliphatic carbocycles. The van der Waals surface area contributed by atoms with Gasteiger partial charge in [0.05, 0.1) is 12.8 Å². The third-order valence-electron chi connectivity index (χ3n) is 2.63. The fourth-order valence-electron chi connectivity index (χ4n) is 1.60. The predicted octanol–water partition coefficient (Wildman–Crippen LogP) is 3.15. The Morgan fingerprint density at radius 3 is 2.25 bits per heavy atom. The van der Waals surface area contributed by atoms with Gasteiger partial charge in [0.1, 0.15) is 5.75 Å². The number of hydrogen-bond acceptors (Lipinski definition) is 2. The highest BCUT2D eigenvalue weighted by Gasteiger charge is 2.10. The highest BCUT2D eigenvalue weighted by Crippen LogP contribution is 2.22. The number of methoxy groups -OCH3 is 1. The number of benzene rings is 1. The highest BCUT2D eigenvalue weighted by atomic mass is 35.5. The highest BCUT2D eigenvalue weighted by molar-refractivity contribution is 6.28. The average molecular weight is 237 g/mol. The van der Waals surface area contributed by atoms with Gasteiger partial charge in [-0.3, -0.25) is 4.57 Å². The molecule has 0 aliphatic heterocycles. The fourth-order valence-corrected chi connectivity index (χ4v) is 1.95. The molecule has 0 radical (unpaired) electrons. The van der Waals surface area contributed by atoms with Gasteiger partial charge in [0.15, 0.2) is 0 Å². The molecule has 4 heteroatoms. The molecule has 3 nitrogen and oxygen atoms in total. The summed E-state index contributed by atoms with van der Waals surface area (Å²) < 4.78 is 7.03. The van der Waals surface area contributed by atoms with Crippen LogP contribution < -0.4 is 4.74 Å². The van der Waals surface area contributed by atoms with E-state index in [1.54, 1.807) is 7.11 Å². The van der Waals surface area contributed by atoms with E-state index in [1.165, 1.54) is 0 Å². The molecule has 0 N–H and O–H groups in total. The summed E-state index contributed by atoms with van der Waals surface area (Å²) in [6.07, 6.45) is 0. The van der Waals surface area contributed by atoms with Gasteiger partial charge in [-0.1, -0.05) is 0 Å². The summed E-state index contributed by atoms with van der Waals surface area (Å²) in [7, 11) is 1.65. The maximum Gasteiger partial charge on any atom is 0.207 e. The lowest BCUT2D eigenvalue weighted by Gasteiger charge is -2.07. The second kappa shape index (κ2) is 4.18. The number of halogens is 1. The average Bonchev–Trinajstić information content (AvgIpc) is 2.54. The van der Waals surface area contributed by atoms with E-state index < -0.39 is 0 Å². The van der Waals surface area contributed by atoms with Gasteiger partial charge in [0.25, 0.3) is 0 Å². The first-order valence-electron chi connectivity index (χ1n) is 4.99. The van der Waals surface area contributed by atoms with Crippen LogP contribution in [0.25, 0.3) is 5.69 Å². The maximum absolute atomic E-state index is 6.08. The second-order valence-electron chi connectivity index (χ2n) is 3.59. The van der Waals surface area contributed by atoms with Gasteiger partial charge in [-0.05, 0) is 49.7 Å². The molecule has 0 saturated carbocycles. The van der Waals surface area contributed by atoms with Crippen molar-refractivity contribution in [2.45, 2.75) is 13.8 Å². The zero-order valence-corrected chi connectivity index (χ0v) is 10.2. The van der Waals surface area contributed by atoms with Crippen LogP contribution in [-0.2, 0) is 0 Å². The molecule has 0 fully saturated rings. The van der Waals surface area contributed by atoms with E-state index in [9.17, 15) is 0 Å². The van der Waals surface area contributed by atoms with Crippen molar-refractivity contribution in [2.24, 2.45) is 0 Å². The molecule has 0 bridgehead atoms. The number of aryl methyl sites for hydroxylation is 1. The smallest absolute Gasteiger partial charge is 0.207 e. The Morgan fingerprint density at radius 1 is 1.19 bits per heavy atom. The van der Waals surface area contributed by atoms with Crippen LogP contribution in [0.3, 0.4) is 0 Å². The minimum atomic E-state index is 0.486. The molecule has 0 spiro atoms. The standard InChI is InChI=1S/C12H13ClN2O/c1-8-9(2)15(12(13)14-8)10-4-6-11(16-3)7-5-10/h4-7H,1-3H3. The summed E-state index contributed by atoms with van der Waals surface area (Å²) in [5.41, 5.74) is 2.99. The van der Waals surface area contributed by atoms with Crippen molar-refractivity contribution in [3.63, 3.8) is 0 Å². The molecule has 16 heavy (non-hydrogen) atoms. The van der Waals surface area contributed by atoms with Gasteiger partial charge in [-0.15, -0.1) is 0 Å². The van der Waals surface area contributed by atoms with Gasteiger partial charge in [-0.25, -0.2) is 4.98 Å². The van der Waals surface area contributed by atoms with Gasteiger partial charge in [0, 0.05) is 11.4 Å². The van der Waals surface area contributed by atoms with E-state index in [1.807, 2.05) is 42.7 Å². The normalized spacial score (nSPS) is 10.5. The second-order valence-corrected chi connectivity index (χ2v) is 3.92. The molecule has 0 unspecified atom stereocenters. The van der Waals surface area contributed by atoms with Crippen molar-refractivity contribution in [3.05, 3.63) is 40.9 Å². The summed E-state index contributed by atoms with van der Waals surface area (Å²) in [4.78, 5) is 4.23. The van der Waals surface area contributed by atoms with Gasteiger partial charge < -0.3 is 4.74 Å². The van der Waals surface area contributed by atoms with Crippen molar-refractivity contribution in [3.8, 4) is 11.4 Å². The van der Waals surface area contributed by atoms with Crippen LogP contribution in [-0.4, -0.2) is 16.7 Å². The molecule has 1 aromatic carbocycles. The summed E-state index contributed by atoms with van der Waals surface area (Å²) >= 11 is 6.08. The van der Waals surface area contributed by atoms with E-state index >= 15 is 0 Å². The molecule has 1 heterocycles. The van der Waals surface area contributed by atoms with E-state index in [2.05, 4.69) is 4.98 Å². The quantitative estimate of drug-likeness (QED) is 0.801. The maximum atomic E-state index is 6.08. The van der Waals surface area contributed by atoms with Crippen molar-refractivity contribution in [2.75, 3.05) is 7.11 Å².